The van der Waals surface area contributed by atoms with Gasteiger partial charge in [-0.2, -0.15) is 0 Å². The van der Waals surface area contributed by atoms with Gasteiger partial charge in [-0.3, -0.25) is 9.69 Å². The molecule has 0 unspecified atom stereocenters. The number of thiazole rings is 1. The van der Waals surface area contributed by atoms with Crippen LogP contribution >= 0.6 is 11.3 Å². The van der Waals surface area contributed by atoms with E-state index in [0.717, 1.165) is 43.5 Å². The zero-order valence-electron chi connectivity index (χ0n) is 16.4. The van der Waals surface area contributed by atoms with Crippen LogP contribution in [0.4, 0.5) is 0 Å². The molecule has 1 aliphatic carbocycles. The maximum atomic E-state index is 12.9. The van der Waals surface area contributed by atoms with Gasteiger partial charge < -0.3 is 9.64 Å². The number of rotatable bonds is 6. The van der Waals surface area contributed by atoms with Gasteiger partial charge in [0.1, 0.15) is 12.4 Å². The van der Waals surface area contributed by atoms with E-state index >= 15 is 0 Å². The minimum Gasteiger partial charge on any atom is -0.487 e. The molecule has 5 nitrogen and oxygen atoms in total. The van der Waals surface area contributed by atoms with Gasteiger partial charge in [0.25, 0.3) is 5.91 Å². The van der Waals surface area contributed by atoms with Crippen molar-refractivity contribution in [3.63, 3.8) is 0 Å². The Hall–Kier alpha value is -1.92. The molecule has 1 aromatic carbocycles. The largest absolute Gasteiger partial charge is 0.487 e. The molecule has 0 N–H and O–H groups in total. The predicted molar refractivity (Wildman–Crippen MR) is 112 cm³/mol. The van der Waals surface area contributed by atoms with E-state index in [2.05, 4.69) is 9.88 Å². The second-order valence-corrected chi connectivity index (χ2v) is 8.61. The number of nitrogens with zero attached hydrogens (tertiary/aromatic N) is 3. The Kier molecular flexibility index (Phi) is 6.60. The molecule has 2 fully saturated rings. The van der Waals surface area contributed by atoms with E-state index in [9.17, 15) is 4.79 Å². The Morgan fingerprint density at radius 2 is 1.96 bits per heavy atom. The van der Waals surface area contributed by atoms with Gasteiger partial charge in [0.2, 0.25) is 0 Å². The lowest BCUT2D eigenvalue weighted by Crippen LogP contribution is -2.49. The summed E-state index contributed by atoms with van der Waals surface area (Å²) in [5, 5.41) is 1.97. The third-order valence-corrected chi connectivity index (χ3v) is 6.49. The summed E-state index contributed by atoms with van der Waals surface area (Å²) in [6.45, 7) is 5.25. The quantitative estimate of drug-likeness (QED) is 0.735. The van der Waals surface area contributed by atoms with Crippen molar-refractivity contribution in [2.75, 3.05) is 32.7 Å². The standard InChI is InChI=1S/C22H29N3O2S/c26-22(19-7-4-8-21(13-19)27-15-20-16-28-17-23-20)25-11-9-24(10-12-25)14-18-5-2-1-3-6-18/h4,7-8,13,16-18H,1-3,5-6,9-12,14-15H2. The average Bonchev–Trinajstić information content (AvgIpc) is 3.27. The number of carbonyl (C=O) groups excluding carboxylic acids is 1. The van der Waals surface area contributed by atoms with E-state index in [-0.39, 0.29) is 5.91 Å². The summed E-state index contributed by atoms with van der Waals surface area (Å²) < 4.78 is 5.80. The van der Waals surface area contributed by atoms with Crippen LogP contribution in [-0.4, -0.2) is 53.4 Å². The molecule has 0 bridgehead atoms. The Bertz CT molecular complexity index is 751. The van der Waals surface area contributed by atoms with Crippen molar-refractivity contribution in [1.29, 1.82) is 0 Å². The van der Waals surface area contributed by atoms with Crippen LogP contribution in [0.2, 0.25) is 0 Å². The number of amides is 1. The van der Waals surface area contributed by atoms with Crippen LogP contribution in [0, 0.1) is 5.92 Å². The molecule has 1 aromatic heterocycles. The highest BCUT2D eigenvalue weighted by Crippen LogP contribution is 2.25. The fraction of sp³-hybridized carbons (Fsp3) is 0.545. The first-order valence-corrected chi connectivity index (χ1v) is 11.3. The van der Waals surface area contributed by atoms with E-state index in [1.54, 1.807) is 16.8 Å². The molecule has 0 atom stereocenters. The molecular weight excluding hydrogens is 370 g/mol. The molecular formula is C22H29N3O2S. The second kappa shape index (κ2) is 9.52. The number of carbonyl (C=O) groups is 1. The zero-order valence-corrected chi connectivity index (χ0v) is 17.2. The predicted octanol–water partition coefficient (Wildman–Crippen LogP) is 4.06. The van der Waals surface area contributed by atoms with E-state index < -0.39 is 0 Å². The molecule has 2 heterocycles. The maximum Gasteiger partial charge on any atom is 0.254 e. The van der Waals surface area contributed by atoms with E-state index in [1.807, 2.05) is 34.5 Å². The molecule has 4 rings (SSSR count). The first kappa shape index (κ1) is 19.4. The van der Waals surface area contributed by atoms with Gasteiger partial charge in [-0.1, -0.05) is 25.3 Å². The lowest BCUT2D eigenvalue weighted by Gasteiger charge is -2.37. The Labute approximate surface area is 171 Å². The zero-order chi connectivity index (χ0) is 19.2. The SMILES string of the molecule is O=C(c1cccc(OCc2cscn2)c1)N1CCN(CC2CCCCC2)CC1. The lowest BCUT2D eigenvalue weighted by molar-refractivity contribution is 0.0605. The minimum atomic E-state index is 0.108. The van der Waals surface area contributed by atoms with Crippen molar-refractivity contribution < 1.29 is 9.53 Å². The van der Waals surface area contributed by atoms with E-state index in [1.165, 1.54) is 38.6 Å². The lowest BCUT2D eigenvalue weighted by atomic mass is 9.89. The van der Waals surface area contributed by atoms with Crippen LogP contribution < -0.4 is 4.74 Å². The topological polar surface area (TPSA) is 45.7 Å². The molecule has 0 radical (unpaired) electrons. The molecule has 1 aliphatic heterocycles. The molecule has 1 amide bonds. The van der Waals surface area contributed by atoms with Crippen LogP contribution in [0.1, 0.15) is 48.2 Å². The van der Waals surface area contributed by atoms with Crippen LogP contribution in [0.5, 0.6) is 5.75 Å². The summed E-state index contributed by atoms with van der Waals surface area (Å²) in [7, 11) is 0. The van der Waals surface area contributed by atoms with Gasteiger partial charge in [-0.15, -0.1) is 11.3 Å². The van der Waals surface area contributed by atoms with Crippen LogP contribution in [0.3, 0.4) is 0 Å². The summed E-state index contributed by atoms with van der Waals surface area (Å²) in [5.41, 5.74) is 3.42. The number of piperazine rings is 1. The van der Waals surface area contributed by atoms with Gasteiger partial charge in [0.15, 0.2) is 0 Å². The smallest absolute Gasteiger partial charge is 0.254 e. The van der Waals surface area contributed by atoms with Crippen LogP contribution in [0.25, 0.3) is 0 Å². The first-order valence-electron chi connectivity index (χ1n) is 10.4. The Morgan fingerprint density at radius 3 is 2.71 bits per heavy atom. The third kappa shape index (κ3) is 5.11. The van der Waals surface area contributed by atoms with Crippen LogP contribution in [-0.2, 0) is 6.61 Å². The molecule has 6 heteroatoms. The number of hydrogen-bond acceptors (Lipinski definition) is 5. The fourth-order valence-corrected chi connectivity index (χ4v) is 4.78. The van der Waals surface area contributed by atoms with Crippen molar-refractivity contribution in [2.24, 2.45) is 5.92 Å². The molecule has 2 aliphatic rings. The number of aromatic nitrogens is 1. The molecule has 0 spiro atoms. The van der Waals surface area contributed by atoms with Crippen molar-refractivity contribution in [1.82, 2.24) is 14.8 Å². The van der Waals surface area contributed by atoms with Crippen molar-refractivity contribution >= 4 is 17.2 Å². The summed E-state index contributed by atoms with van der Waals surface area (Å²) in [6.07, 6.45) is 6.96. The highest BCUT2D eigenvalue weighted by Gasteiger charge is 2.24. The average molecular weight is 400 g/mol. The fourth-order valence-electron chi connectivity index (χ4n) is 4.24. The molecule has 2 aromatic rings. The summed E-state index contributed by atoms with van der Waals surface area (Å²) in [5.74, 6) is 1.69. The second-order valence-electron chi connectivity index (χ2n) is 7.89. The van der Waals surface area contributed by atoms with Crippen LogP contribution in [0.15, 0.2) is 35.2 Å². The normalized spacial score (nSPS) is 18.9. The minimum absolute atomic E-state index is 0.108. The van der Waals surface area contributed by atoms with Gasteiger partial charge in [-0.05, 0) is 37.0 Å². The monoisotopic (exact) mass is 399 g/mol. The number of hydrogen-bond donors (Lipinski definition) is 0. The van der Waals surface area contributed by atoms with Crippen molar-refractivity contribution in [3.8, 4) is 5.75 Å². The van der Waals surface area contributed by atoms with Gasteiger partial charge in [0, 0.05) is 43.7 Å². The number of ether oxygens (including phenoxy) is 1. The molecule has 1 saturated carbocycles. The van der Waals surface area contributed by atoms with E-state index in [0.29, 0.717) is 12.2 Å². The summed E-state index contributed by atoms with van der Waals surface area (Å²) in [4.78, 5) is 21.7. The van der Waals surface area contributed by atoms with Crippen molar-refractivity contribution in [2.45, 2.75) is 38.7 Å². The maximum absolute atomic E-state index is 12.9. The third-order valence-electron chi connectivity index (χ3n) is 5.85. The Morgan fingerprint density at radius 1 is 1.14 bits per heavy atom. The van der Waals surface area contributed by atoms with Gasteiger partial charge in [-0.25, -0.2) is 4.98 Å². The molecule has 28 heavy (non-hydrogen) atoms. The molecule has 1 saturated heterocycles. The first-order chi connectivity index (χ1) is 13.8. The highest BCUT2D eigenvalue weighted by molar-refractivity contribution is 7.07. The van der Waals surface area contributed by atoms with Gasteiger partial charge >= 0.3 is 0 Å². The number of benzene rings is 1. The summed E-state index contributed by atoms with van der Waals surface area (Å²) >= 11 is 1.56. The summed E-state index contributed by atoms with van der Waals surface area (Å²) in [6, 6.07) is 7.52. The molecule has 150 valence electrons. The Balaban J connectivity index is 1.28. The highest BCUT2D eigenvalue weighted by atomic mass is 32.1. The van der Waals surface area contributed by atoms with Gasteiger partial charge in [0.05, 0.1) is 11.2 Å². The van der Waals surface area contributed by atoms with Crippen molar-refractivity contribution in [3.05, 3.63) is 46.4 Å². The van der Waals surface area contributed by atoms with E-state index in [4.69, 9.17) is 4.74 Å².